The molecule has 0 aliphatic carbocycles. The minimum Gasteiger partial charge on any atom is -0.481 e. The summed E-state index contributed by atoms with van der Waals surface area (Å²) in [4.78, 5) is 33.4. The number of anilines is 2. The monoisotopic (exact) mass is 343 g/mol. The van der Waals surface area contributed by atoms with Crippen molar-refractivity contribution < 1.29 is 19.2 Å². The molecule has 0 bridgehead atoms. The molecule has 2 aromatic carbocycles. The Morgan fingerprint density at radius 3 is 2.24 bits per heavy atom. The summed E-state index contributed by atoms with van der Waals surface area (Å²) in [6.07, 6.45) is -0.814. The third kappa shape index (κ3) is 5.31. The Balaban J connectivity index is 1.98. The Kier molecular flexibility index (Phi) is 5.67. The molecular formula is C17H17N3O5. The predicted octanol–water partition coefficient (Wildman–Crippen LogP) is 2.96. The van der Waals surface area contributed by atoms with Gasteiger partial charge in [-0.05, 0) is 37.3 Å². The van der Waals surface area contributed by atoms with E-state index in [-0.39, 0.29) is 11.6 Å². The van der Waals surface area contributed by atoms with Crippen molar-refractivity contribution in [2.24, 2.45) is 0 Å². The Morgan fingerprint density at radius 1 is 1.08 bits per heavy atom. The maximum atomic E-state index is 12.2. The standard InChI is InChI=1S/C17H17N3O5/c1-11(25-16-8-6-15(7-9-16)20(23)24)17(22)19-14-5-3-4-13(10-14)18-12(2)21/h3-11H,1-2H3,(H,18,21)(H,19,22). The molecule has 1 unspecified atom stereocenters. The minimum atomic E-state index is -0.814. The van der Waals surface area contributed by atoms with Gasteiger partial charge in [-0.15, -0.1) is 0 Å². The minimum absolute atomic E-state index is 0.0563. The van der Waals surface area contributed by atoms with Crippen LogP contribution in [0, 0.1) is 10.1 Å². The number of nitro benzene ring substituents is 1. The zero-order chi connectivity index (χ0) is 18.4. The average molecular weight is 343 g/mol. The summed E-state index contributed by atoms with van der Waals surface area (Å²) in [6.45, 7) is 2.96. The number of amides is 2. The Hall–Kier alpha value is -3.42. The second-order valence-electron chi connectivity index (χ2n) is 5.26. The summed E-state index contributed by atoms with van der Waals surface area (Å²) in [5.41, 5.74) is 1.02. The molecule has 0 radical (unpaired) electrons. The highest BCUT2D eigenvalue weighted by Gasteiger charge is 2.16. The topological polar surface area (TPSA) is 111 Å². The molecule has 2 rings (SSSR count). The molecule has 2 aromatic rings. The van der Waals surface area contributed by atoms with Gasteiger partial charge in [-0.1, -0.05) is 6.07 Å². The molecule has 0 fully saturated rings. The van der Waals surface area contributed by atoms with Gasteiger partial charge in [0.15, 0.2) is 6.10 Å². The summed E-state index contributed by atoms with van der Waals surface area (Å²) >= 11 is 0. The second kappa shape index (κ2) is 7.91. The van der Waals surface area contributed by atoms with E-state index >= 15 is 0 Å². The third-order valence-corrected chi connectivity index (χ3v) is 3.18. The molecular weight excluding hydrogens is 326 g/mol. The normalized spacial score (nSPS) is 11.3. The summed E-state index contributed by atoms with van der Waals surface area (Å²) in [5, 5.41) is 15.9. The van der Waals surface area contributed by atoms with Gasteiger partial charge in [0.05, 0.1) is 4.92 Å². The third-order valence-electron chi connectivity index (χ3n) is 3.18. The maximum absolute atomic E-state index is 12.2. The summed E-state index contributed by atoms with van der Waals surface area (Å²) in [6, 6.07) is 12.2. The quantitative estimate of drug-likeness (QED) is 0.619. The van der Waals surface area contributed by atoms with E-state index in [1.165, 1.54) is 31.2 Å². The first kappa shape index (κ1) is 17.9. The van der Waals surface area contributed by atoms with Crippen molar-refractivity contribution in [1.82, 2.24) is 0 Å². The van der Waals surface area contributed by atoms with Crippen LogP contribution in [0.5, 0.6) is 5.75 Å². The largest absolute Gasteiger partial charge is 0.481 e. The van der Waals surface area contributed by atoms with Gasteiger partial charge in [-0.25, -0.2) is 0 Å². The number of carbonyl (C=O) groups is 2. The lowest BCUT2D eigenvalue weighted by Gasteiger charge is -2.15. The van der Waals surface area contributed by atoms with Crippen molar-refractivity contribution >= 4 is 28.9 Å². The number of rotatable bonds is 6. The number of carbonyl (C=O) groups excluding carboxylic acids is 2. The number of ether oxygens (including phenoxy) is 1. The molecule has 8 heteroatoms. The molecule has 8 nitrogen and oxygen atoms in total. The van der Waals surface area contributed by atoms with Gasteiger partial charge in [0.25, 0.3) is 11.6 Å². The highest BCUT2D eigenvalue weighted by molar-refractivity contribution is 5.95. The van der Waals surface area contributed by atoms with Crippen LogP contribution in [0.2, 0.25) is 0 Å². The number of nitro groups is 1. The van der Waals surface area contributed by atoms with Crippen LogP contribution in [0.1, 0.15) is 13.8 Å². The van der Waals surface area contributed by atoms with Crippen molar-refractivity contribution in [3.8, 4) is 5.75 Å². The SMILES string of the molecule is CC(=O)Nc1cccc(NC(=O)C(C)Oc2ccc([N+](=O)[O-])cc2)c1. The Bertz CT molecular complexity index is 789. The van der Waals surface area contributed by atoms with E-state index in [0.717, 1.165) is 0 Å². The fourth-order valence-electron chi connectivity index (χ4n) is 2.03. The number of nitrogens with one attached hydrogen (secondary N) is 2. The number of nitrogens with zero attached hydrogens (tertiary/aromatic N) is 1. The first-order valence-corrected chi connectivity index (χ1v) is 7.45. The smallest absolute Gasteiger partial charge is 0.269 e. The maximum Gasteiger partial charge on any atom is 0.269 e. The molecule has 1 atom stereocenters. The van der Waals surface area contributed by atoms with Gasteiger partial charge in [0, 0.05) is 30.4 Å². The second-order valence-corrected chi connectivity index (χ2v) is 5.26. The van der Waals surface area contributed by atoms with E-state index in [0.29, 0.717) is 17.1 Å². The number of benzene rings is 2. The zero-order valence-electron chi connectivity index (χ0n) is 13.7. The van der Waals surface area contributed by atoms with Crippen LogP contribution in [0.15, 0.2) is 48.5 Å². The molecule has 130 valence electrons. The van der Waals surface area contributed by atoms with E-state index in [2.05, 4.69) is 10.6 Å². The fraction of sp³-hybridized carbons (Fsp3) is 0.176. The molecule has 0 heterocycles. The molecule has 0 saturated heterocycles. The van der Waals surface area contributed by atoms with Crippen molar-refractivity contribution in [3.05, 3.63) is 58.6 Å². The first-order valence-electron chi connectivity index (χ1n) is 7.45. The number of hydrogen-bond acceptors (Lipinski definition) is 5. The lowest BCUT2D eigenvalue weighted by Crippen LogP contribution is -2.30. The Morgan fingerprint density at radius 2 is 1.68 bits per heavy atom. The van der Waals surface area contributed by atoms with Gasteiger partial charge in [-0.3, -0.25) is 19.7 Å². The molecule has 0 aromatic heterocycles. The summed E-state index contributed by atoms with van der Waals surface area (Å²) < 4.78 is 5.47. The molecule has 25 heavy (non-hydrogen) atoms. The van der Waals surface area contributed by atoms with E-state index in [1.807, 2.05) is 0 Å². The molecule has 0 saturated carbocycles. The van der Waals surface area contributed by atoms with Crippen LogP contribution in [0.4, 0.5) is 17.1 Å². The van der Waals surface area contributed by atoms with Crippen molar-refractivity contribution in [2.75, 3.05) is 10.6 Å². The van der Waals surface area contributed by atoms with Crippen LogP contribution >= 0.6 is 0 Å². The number of hydrogen-bond donors (Lipinski definition) is 2. The average Bonchev–Trinajstić information content (AvgIpc) is 2.55. The van der Waals surface area contributed by atoms with Gasteiger partial charge < -0.3 is 15.4 Å². The lowest BCUT2D eigenvalue weighted by molar-refractivity contribution is -0.384. The van der Waals surface area contributed by atoms with Crippen LogP contribution in [0.3, 0.4) is 0 Å². The lowest BCUT2D eigenvalue weighted by atomic mass is 10.2. The molecule has 0 spiro atoms. The zero-order valence-corrected chi connectivity index (χ0v) is 13.7. The fourth-order valence-corrected chi connectivity index (χ4v) is 2.03. The molecule has 0 aliphatic rings. The van der Waals surface area contributed by atoms with Gasteiger partial charge in [0.1, 0.15) is 5.75 Å². The van der Waals surface area contributed by atoms with Crippen molar-refractivity contribution in [1.29, 1.82) is 0 Å². The molecule has 2 amide bonds. The van der Waals surface area contributed by atoms with E-state index < -0.39 is 16.9 Å². The van der Waals surface area contributed by atoms with E-state index in [4.69, 9.17) is 4.74 Å². The highest BCUT2D eigenvalue weighted by Crippen LogP contribution is 2.19. The van der Waals surface area contributed by atoms with Gasteiger partial charge >= 0.3 is 0 Å². The van der Waals surface area contributed by atoms with Gasteiger partial charge in [0.2, 0.25) is 5.91 Å². The van der Waals surface area contributed by atoms with Gasteiger partial charge in [-0.2, -0.15) is 0 Å². The molecule has 0 aliphatic heterocycles. The highest BCUT2D eigenvalue weighted by atomic mass is 16.6. The van der Waals surface area contributed by atoms with Crippen molar-refractivity contribution in [2.45, 2.75) is 20.0 Å². The van der Waals surface area contributed by atoms with Crippen LogP contribution < -0.4 is 15.4 Å². The van der Waals surface area contributed by atoms with Crippen LogP contribution in [-0.2, 0) is 9.59 Å². The number of non-ortho nitro benzene ring substituents is 1. The Labute approximate surface area is 144 Å². The van der Waals surface area contributed by atoms with E-state index in [9.17, 15) is 19.7 Å². The molecule has 2 N–H and O–H groups in total. The van der Waals surface area contributed by atoms with Crippen LogP contribution in [0.25, 0.3) is 0 Å². The predicted molar refractivity (Wildman–Crippen MR) is 92.6 cm³/mol. The summed E-state index contributed by atoms with van der Waals surface area (Å²) in [7, 11) is 0. The first-order chi connectivity index (χ1) is 11.8. The van der Waals surface area contributed by atoms with E-state index in [1.54, 1.807) is 31.2 Å². The van der Waals surface area contributed by atoms with Crippen LogP contribution in [-0.4, -0.2) is 22.8 Å². The van der Waals surface area contributed by atoms with Crippen molar-refractivity contribution in [3.63, 3.8) is 0 Å². The summed E-state index contributed by atoms with van der Waals surface area (Å²) in [5.74, 6) is -0.253.